The normalized spacial score (nSPS) is 11.4. The first-order valence-electron chi connectivity index (χ1n) is 10.9. The molecule has 0 aliphatic heterocycles. The van der Waals surface area contributed by atoms with Gasteiger partial charge in [0.05, 0.1) is 11.1 Å². The Morgan fingerprint density at radius 1 is 0.382 bits per heavy atom. The third kappa shape index (κ3) is 2.72. The molecule has 0 heterocycles. The number of rotatable bonds is 3. The Kier molecular flexibility index (Phi) is 4.36. The molecule has 0 fully saturated rings. The summed E-state index contributed by atoms with van der Waals surface area (Å²) in [5.41, 5.74) is 2.34. The number of carboxylic acid groups (broad SMARTS) is 2. The second-order valence-corrected chi connectivity index (χ2v) is 8.29. The highest BCUT2D eigenvalue weighted by Crippen LogP contribution is 2.46. The third-order valence-corrected chi connectivity index (χ3v) is 6.54. The van der Waals surface area contributed by atoms with Crippen LogP contribution in [0.5, 0.6) is 0 Å². The fourth-order valence-electron chi connectivity index (χ4n) is 5.26. The Hall–Kier alpha value is -4.70. The summed E-state index contributed by atoms with van der Waals surface area (Å²) in [6, 6.07) is 30.1. The van der Waals surface area contributed by atoms with Gasteiger partial charge in [-0.2, -0.15) is 0 Å². The minimum absolute atomic E-state index is 0.269. The number of hydrogen-bond acceptors (Lipinski definition) is 2. The summed E-state index contributed by atoms with van der Waals surface area (Å²) in [6.45, 7) is 0. The molecule has 0 saturated heterocycles. The minimum Gasteiger partial charge on any atom is -0.478 e. The van der Waals surface area contributed by atoms with Crippen molar-refractivity contribution in [3.8, 4) is 11.1 Å². The number of carboxylic acids is 2. The van der Waals surface area contributed by atoms with Gasteiger partial charge in [-0.25, -0.2) is 9.59 Å². The summed E-state index contributed by atoms with van der Waals surface area (Å²) in [5.74, 6) is -1.95. The van der Waals surface area contributed by atoms with Crippen molar-refractivity contribution in [3.05, 3.63) is 108 Å². The van der Waals surface area contributed by atoms with Crippen LogP contribution in [0.2, 0.25) is 0 Å². The molecule has 0 amide bonds. The van der Waals surface area contributed by atoms with E-state index >= 15 is 0 Å². The Balaban J connectivity index is 1.96. The van der Waals surface area contributed by atoms with Crippen molar-refractivity contribution in [2.24, 2.45) is 0 Å². The first kappa shape index (κ1) is 19.9. The molecule has 0 atom stereocenters. The maximum absolute atomic E-state index is 12.4. The van der Waals surface area contributed by atoms with Gasteiger partial charge in [-0.05, 0) is 54.2 Å². The van der Waals surface area contributed by atoms with Gasteiger partial charge < -0.3 is 10.2 Å². The van der Waals surface area contributed by atoms with E-state index in [-0.39, 0.29) is 11.1 Å². The quantitative estimate of drug-likeness (QED) is 0.281. The Bertz CT molecular complexity index is 1570. The molecule has 6 rings (SSSR count). The standard InChI is InChI=1S/C30H18O4/c31-29(32)27-21-13-5-1-9-17(21)25(18-10-2-6-14-22(18)27)26-19-11-3-7-15-23(19)28(30(33)34)24-16-8-4-12-20(24)26/h1-16H,(H,31,32)(H,33,34). The predicted octanol–water partition coefficient (Wildman–Crippen LogP) is 7.36. The summed E-state index contributed by atoms with van der Waals surface area (Å²) < 4.78 is 0. The zero-order valence-electron chi connectivity index (χ0n) is 17.9. The SMILES string of the molecule is O=C(O)c1c2ccccc2c(-c2c3ccccc3c(C(=O)O)c3ccccc23)c2ccccc12. The number of benzene rings is 6. The molecule has 0 aliphatic rings. The van der Waals surface area contributed by atoms with Crippen molar-refractivity contribution in [2.75, 3.05) is 0 Å². The Morgan fingerprint density at radius 3 is 0.794 bits per heavy atom. The van der Waals surface area contributed by atoms with Gasteiger partial charge in [0.2, 0.25) is 0 Å². The zero-order valence-corrected chi connectivity index (χ0v) is 17.9. The highest BCUT2D eigenvalue weighted by atomic mass is 16.4. The Morgan fingerprint density at radius 2 is 0.588 bits per heavy atom. The molecule has 0 radical (unpaired) electrons. The fraction of sp³-hybridized carbons (Fsp3) is 0. The van der Waals surface area contributed by atoms with E-state index in [1.807, 2.05) is 97.1 Å². The maximum Gasteiger partial charge on any atom is 0.336 e. The molecule has 6 aromatic carbocycles. The van der Waals surface area contributed by atoms with Crippen LogP contribution >= 0.6 is 0 Å². The van der Waals surface area contributed by atoms with Gasteiger partial charge in [0.1, 0.15) is 0 Å². The van der Waals surface area contributed by atoms with Gasteiger partial charge >= 0.3 is 11.9 Å². The van der Waals surface area contributed by atoms with Crippen LogP contribution in [0.15, 0.2) is 97.1 Å². The lowest BCUT2D eigenvalue weighted by Gasteiger charge is -2.20. The summed E-state index contributed by atoms with van der Waals surface area (Å²) in [6.07, 6.45) is 0. The van der Waals surface area contributed by atoms with Crippen molar-refractivity contribution >= 4 is 55.0 Å². The number of carbonyl (C=O) groups is 2. The van der Waals surface area contributed by atoms with Gasteiger partial charge in [0.15, 0.2) is 0 Å². The van der Waals surface area contributed by atoms with Crippen LogP contribution in [0.25, 0.3) is 54.2 Å². The van der Waals surface area contributed by atoms with Crippen LogP contribution < -0.4 is 0 Å². The molecule has 0 aromatic heterocycles. The molecule has 4 nitrogen and oxygen atoms in total. The second-order valence-electron chi connectivity index (χ2n) is 8.29. The summed E-state index contributed by atoms with van der Waals surface area (Å²) >= 11 is 0. The van der Waals surface area contributed by atoms with E-state index in [1.165, 1.54) is 0 Å². The molecular formula is C30H18O4. The molecule has 2 N–H and O–H groups in total. The van der Waals surface area contributed by atoms with Crippen LogP contribution in [0.3, 0.4) is 0 Å². The van der Waals surface area contributed by atoms with E-state index in [0.717, 1.165) is 32.7 Å². The lowest BCUT2D eigenvalue weighted by atomic mass is 9.83. The maximum atomic E-state index is 12.4. The number of aromatic carboxylic acids is 2. The average Bonchev–Trinajstić information content (AvgIpc) is 2.85. The summed E-state index contributed by atoms with van der Waals surface area (Å²) in [4.78, 5) is 24.7. The number of fused-ring (bicyclic) bond motifs is 4. The van der Waals surface area contributed by atoms with Gasteiger partial charge in [-0.1, -0.05) is 97.1 Å². The molecule has 0 bridgehead atoms. The highest BCUT2D eigenvalue weighted by Gasteiger charge is 2.24. The molecule has 6 aromatic rings. The average molecular weight is 442 g/mol. The monoisotopic (exact) mass is 442 g/mol. The van der Waals surface area contributed by atoms with Crippen molar-refractivity contribution < 1.29 is 19.8 Å². The first-order valence-corrected chi connectivity index (χ1v) is 10.9. The zero-order chi connectivity index (χ0) is 23.4. The highest BCUT2D eigenvalue weighted by molar-refractivity contribution is 6.30. The van der Waals surface area contributed by atoms with E-state index in [0.29, 0.717) is 21.5 Å². The summed E-state index contributed by atoms with van der Waals surface area (Å²) in [7, 11) is 0. The van der Waals surface area contributed by atoms with Gasteiger partial charge in [-0.3, -0.25) is 0 Å². The predicted molar refractivity (Wildman–Crippen MR) is 136 cm³/mol. The first-order chi connectivity index (χ1) is 16.6. The summed E-state index contributed by atoms with van der Waals surface area (Å²) in [5, 5.41) is 26.1. The van der Waals surface area contributed by atoms with Crippen molar-refractivity contribution in [1.29, 1.82) is 0 Å². The molecule has 4 heteroatoms. The van der Waals surface area contributed by atoms with Crippen molar-refractivity contribution in [1.82, 2.24) is 0 Å². The van der Waals surface area contributed by atoms with Crippen LogP contribution in [0, 0.1) is 0 Å². The molecular weight excluding hydrogens is 424 g/mol. The minimum atomic E-state index is -0.977. The van der Waals surface area contributed by atoms with Crippen LogP contribution in [-0.2, 0) is 0 Å². The van der Waals surface area contributed by atoms with E-state index in [2.05, 4.69) is 0 Å². The Labute approximate surface area is 194 Å². The smallest absolute Gasteiger partial charge is 0.336 e. The van der Waals surface area contributed by atoms with Gasteiger partial charge in [0, 0.05) is 0 Å². The van der Waals surface area contributed by atoms with Crippen molar-refractivity contribution in [3.63, 3.8) is 0 Å². The lowest BCUT2D eigenvalue weighted by Crippen LogP contribution is -2.03. The lowest BCUT2D eigenvalue weighted by molar-refractivity contribution is 0.0690. The topological polar surface area (TPSA) is 74.6 Å². The van der Waals surface area contributed by atoms with Crippen molar-refractivity contribution in [2.45, 2.75) is 0 Å². The van der Waals surface area contributed by atoms with E-state index in [4.69, 9.17) is 0 Å². The largest absolute Gasteiger partial charge is 0.478 e. The molecule has 34 heavy (non-hydrogen) atoms. The van der Waals surface area contributed by atoms with E-state index in [1.54, 1.807) is 0 Å². The third-order valence-electron chi connectivity index (χ3n) is 6.54. The molecule has 162 valence electrons. The fourth-order valence-corrected chi connectivity index (χ4v) is 5.26. The second kappa shape index (κ2) is 7.42. The molecule has 0 saturated carbocycles. The molecule has 0 aliphatic carbocycles. The van der Waals surface area contributed by atoms with Crippen LogP contribution in [0.1, 0.15) is 20.7 Å². The van der Waals surface area contributed by atoms with E-state index in [9.17, 15) is 19.8 Å². The van der Waals surface area contributed by atoms with Crippen LogP contribution in [-0.4, -0.2) is 22.2 Å². The van der Waals surface area contributed by atoms with Gasteiger partial charge in [-0.15, -0.1) is 0 Å². The van der Waals surface area contributed by atoms with E-state index < -0.39 is 11.9 Å². The van der Waals surface area contributed by atoms with Gasteiger partial charge in [0.25, 0.3) is 0 Å². The molecule has 0 unspecified atom stereocenters. The number of hydrogen-bond donors (Lipinski definition) is 2. The van der Waals surface area contributed by atoms with Crippen LogP contribution in [0.4, 0.5) is 0 Å². The molecule has 0 spiro atoms.